The van der Waals surface area contributed by atoms with Crippen LogP contribution in [0.2, 0.25) is 0 Å². The van der Waals surface area contributed by atoms with E-state index in [-0.39, 0.29) is 5.82 Å². The van der Waals surface area contributed by atoms with Crippen LogP contribution in [0.15, 0.2) is 60.7 Å². The predicted octanol–water partition coefficient (Wildman–Crippen LogP) is 5.81. The molecule has 0 aliphatic heterocycles. The van der Waals surface area contributed by atoms with E-state index >= 15 is 0 Å². The minimum absolute atomic E-state index is 0.221. The van der Waals surface area contributed by atoms with Gasteiger partial charge in [0.05, 0.1) is 11.2 Å². The summed E-state index contributed by atoms with van der Waals surface area (Å²) in [6, 6.07) is 19.5. The van der Waals surface area contributed by atoms with E-state index in [1.54, 1.807) is 6.07 Å². The zero-order chi connectivity index (χ0) is 16.0. The summed E-state index contributed by atoms with van der Waals surface area (Å²) < 4.78 is 14.8. The number of fused-ring (bicyclic) bond motifs is 3. The highest BCUT2D eigenvalue weighted by Crippen LogP contribution is 2.30. The Labute approximate surface area is 134 Å². The van der Waals surface area contributed by atoms with Crippen LogP contribution >= 0.6 is 0 Å². The zero-order valence-electron chi connectivity index (χ0n) is 13.1. The molecule has 4 rings (SSSR count). The molecule has 0 N–H and O–H groups in total. The third-order valence-electron chi connectivity index (χ3n) is 4.17. The van der Waals surface area contributed by atoms with Crippen LogP contribution < -0.4 is 0 Å². The Morgan fingerprint density at radius 3 is 2.35 bits per heavy atom. The Kier molecular flexibility index (Phi) is 3.12. The number of hydrogen-bond acceptors (Lipinski definition) is 1. The van der Waals surface area contributed by atoms with Gasteiger partial charge in [0, 0.05) is 17.0 Å². The summed E-state index contributed by atoms with van der Waals surface area (Å²) in [6.45, 7) is 4.09. The van der Waals surface area contributed by atoms with Crippen molar-refractivity contribution in [2.24, 2.45) is 0 Å². The van der Waals surface area contributed by atoms with Crippen molar-refractivity contribution in [2.45, 2.75) is 13.8 Å². The minimum Gasteiger partial charge on any atom is -0.248 e. The molecule has 0 atom stereocenters. The van der Waals surface area contributed by atoms with Crippen LogP contribution in [0.3, 0.4) is 0 Å². The standard InChI is InChI=1S/C21H16FN/c1-13-9-14(2)11-16(10-13)20-12-18(22)21-17-6-4-3-5-15(17)7-8-19(21)23-20/h3-12H,1-2H3. The number of halogens is 1. The first-order valence-electron chi connectivity index (χ1n) is 7.68. The molecule has 1 aromatic heterocycles. The van der Waals surface area contributed by atoms with E-state index < -0.39 is 0 Å². The summed E-state index contributed by atoms with van der Waals surface area (Å²) in [5.74, 6) is -0.221. The van der Waals surface area contributed by atoms with Gasteiger partial charge in [-0.25, -0.2) is 9.37 Å². The number of nitrogens with zero attached hydrogens (tertiary/aromatic N) is 1. The van der Waals surface area contributed by atoms with Gasteiger partial charge in [-0.15, -0.1) is 0 Å². The smallest absolute Gasteiger partial charge is 0.135 e. The second-order valence-corrected chi connectivity index (χ2v) is 6.05. The Balaban J connectivity index is 2.02. The van der Waals surface area contributed by atoms with Crippen molar-refractivity contribution in [1.82, 2.24) is 4.98 Å². The van der Waals surface area contributed by atoms with E-state index in [0.717, 1.165) is 27.5 Å². The molecule has 0 bridgehead atoms. The van der Waals surface area contributed by atoms with Crippen molar-refractivity contribution in [2.75, 3.05) is 0 Å². The van der Waals surface area contributed by atoms with Gasteiger partial charge in [0.2, 0.25) is 0 Å². The van der Waals surface area contributed by atoms with Gasteiger partial charge in [-0.1, -0.05) is 47.5 Å². The van der Waals surface area contributed by atoms with E-state index in [4.69, 9.17) is 4.98 Å². The fraction of sp³-hybridized carbons (Fsp3) is 0.0952. The van der Waals surface area contributed by atoms with Gasteiger partial charge < -0.3 is 0 Å². The fourth-order valence-corrected chi connectivity index (χ4v) is 3.23. The van der Waals surface area contributed by atoms with Crippen LogP contribution in [0.1, 0.15) is 11.1 Å². The maximum absolute atomic E-state index is 14.8. The van der Waals surface area contributed by atoms with Crippen molar-refractivity contribution in [3.05, 3.63) is 77.6 Å². The summed E-state index contributed by atoms with van der Waals surface area (Å²) in [5.41, 5.74) is 4.63. The summed E-state index contributed by atoms with van der Waals surface area (Å²) in [7, 11) is 0. The van der Waals surface area contributed by atoms with Crippen molar-refractivity contribution in [1.29, 1.82) is 0 Å². The van der Waals surface area contributed by atoms with Crippen LogP contribution in [-0.2, 0) is 0 Å². The summed E-state index contributed by atoms with van der Waals surface area (Å²) in [5, 5.41) is 2.53. The lowest BCUT2D eigenvalue weighted by atomic mass is 10.0. The lowest BCUT2D eigenvalue weighted by molar-refractivity contribution is 0.640. The van der Waals surface area contributed by atoms with E-state index in [1.165, 1.54) is 0 Å². The fourth-order valence-electron chi connectivity index (χ4n) is 3.23. The van der Waals surface area contributed by atoms with E-state index in [1.807, 2.05) is 62.4 Å². The maximum atomic E-state index is 14.8. The Morgan fingerprint density at radius 1 is 0.826 bits per heavy atom. The molecular formula is C21H16FN. The van der Waals surface area contributed by atoms with E-state index in [9.17, 15) is 4.39 Å². The lowest BCUT2D eigenvalue weighted by Crippen LogP contribution is -1.92. The molecule has 112 valence electrons. The topological polar surface area (TPSA) is 12.9 Å². The minimum atomic E-state index is -0.221. The molecule has 2 heteroatoms. The quantitative estimate of drug-likeness (QED) is 0.404. The average Bonchev–Trinajstić information content (AvgIpc) is 2.53. The molecule has 0 amide bonds. The van der Waals surface area contributed by atoms with Gasteiger partial charge >= 0.3 is 0 Å². The predicted molar refractivity (Wildman–Crippen MR) is 94.1 cm³/mol. The molecular weight excluding hydrogens is 285 g/mol. The van der Waals surface area contributed by atoms with Crippen LogP contribution in [0.5, 0.6) is 0 Å². The van der Waals surface area contributed by atoms with Crippen LogP contribution in [-0.4, -0.2) is 4.98 Å². The van der Waals surface area contributed by atoms with E-state index in [2.05, 4.69) is 6.07 Å². The summed E-state index contributed by atoms with van der Waals surface area (Å²) >= 11 is 0. The third kappa shape index (κ3) is 2.36. The van der Waals surface area contributed by atoms with Crippen LogP contribution in [0.25, 0.3) is 32.9 Å². The highest BCUT2D eigenvalue weighted by Gasteiger charge is 2.11. The van der Waals surface area contributed by atoms with Crippen LogP contribution in [0.4, 0.5) is 4.39 Å². The summed E-state index contributed by atoms with van der Waals surface area (Å²) in [6.07, 6.45) is 0. The number of aryl methyl sites for hydroxylation is 2. The van der Waals surface area contributed by atoms with E-state index in [0.29, 0.717) is 16.6 Å². The Hall–Kier alpha value is -2.74. The van der Waals surface area contributed by atoms with Gasteiger partial charge in [-0.3, -0.25) is 0 Å². The number of hydrogen-bond donors (Lipinski definition) is 0. The van der Waals surface area contributed by atoms with Crippen molar-refractivity contribution < 1.29 is 4.39 Å². The second kappa shape index (κ2) is 5.17. The molecule has 0 unspecified atom stereocenters. The highest BCUT2D eigenvalue weighted by molar-refractivity contribution is 6.06. The second-order valence-electron chi connectivity index (χ2n) is 6.05. The van der Waals surface area contributed by atoms with Gasteiger partial charge in [-0.05, 0) is 42.8 Å². The van der Waals surface area contributed by atoms with Crippen molar-refractivity contribution >= 4 is 21.7 Å². The van der Waals surface area contributed by atoms with Gasteiger partial charge in [-0.2, -0.15) is 0 Å². The number of rotatable bonds is 1. The number of pyridine rings is 1. The molecule has 23 heavy (non-hydrogen) atoms. The lowest BCUT2D eigenvalue weighted by Gasteiger charge is -2.09. The average molecular weight is 301 g/mol. The van der Waals surface area contributed by atoms with Gasteiger partial charge in [0.15, 0.2) is 0 Å². The third-order valence-corrected chi connectivity index (χ3v) is 4.17. The van der Waals surface area contributed by atoms with Crippen molar-refractivity contribution in [3.8, 4) is 11.3 Å². The molecule has 0 saturated carbocycles. The van der Waals surface area contributed by atoms with Crippen LogP contribution in [0, 0.1) is 19.7 Å². The molecule has 0 spiro atoms. The normalized spacial score (nSPS) is 11.3. The SMILES string of the molecule is Cc1cc(C)cc(-c2cc(F)c3c(ccc4ccccc43)n2)c1. The number of aromatic nitrogens is 1. The first kappa shape index (κ1) is 13.9. The number of benzene rings is 3. The molecule has 0 aliphatic carbocycles. The zero-order valence-corrected chi connectivity index (χ0v) is 13.1. The maximum Gasteiger partial charge on any atom is 0.135 e. The Morgan fingerprint density at radius 2 is 1.57 bits per heavy atom. The molecule has 4 aromatic rings. The molecule has 1 nitrogen and oxygen atoms in total. The van der Waals surface area contributed by atoms with Gasteiger partial charge in [0.1, 0.15) is 5.82 Å². The molecule has 0 saturated heterocycles. The molecule has 3 aromatic carbocycles. The monoisotopic (exact) mass is 301 g/mol. The largest absolute Gasteiger partial charge is 0.248 e. The molecule has 0 aliphatic rings. The van der Waals surface area contributed by atoms with Gasteiger partial charge in [0.25, 0.3) is 0 Å². The molecule has 0 radical (unpaired) electrons. The first-order chi connectivity index (χ1) is 11.1. The Bertz CT molecular complexity index is 1030. The first-order valence-corrected chi connectivity index (χ1v) is 7.68. The van der Waals surface area contributed by atoms with Crippen molar-refractivity contribution in [3.63, 3.8) is 0 Å². The highest BCUT2D eigenvalue weighted by atomic mass is 19.1. The summed E-state index contributed by atoms with van der Waals surface area (Å²) in [4.78, 5) is 4.70. The molecule has 1 heterocycles. The molecule has 0 fully saturated rings.